The number of amides is 1. The summed E-state index contributed by atoms with van der Waals surface area (Å²) in [6.07, 6.45) is 0. The summed E-state index contributed by atoms with van der Waals surface area (Å²) in [6.45, 7) is 8.89. The van der Waals surface area contributed by atoms with Crippen molar-refractivity contribution in [3.8, 4) is 0 Å². The Kier molecular flexibility index (Phi) is 6.36. The largest absolute Gasteiger partial charge is 0.369 e. The molecule has 2 rings (SSSR count). The zero-order chi connectivity index (χ0) is 16.8. The highest BCUT2D eigenvalue weighted by Crippen LogP contribution is 2.16. The summed E-state index contributed by atoms with van der Waals surface area (Å²) in [6, 6.07) is 6.50. The zero-order valence-corrected chi connectivity index (χ0v) is 14.0. The maximum Gasteiger partial charge on any atom is 0.224 e. The highest BCUT2D eigenvalue weighted by molar-refractivity contribution is 5.78. The Bertz CT molecular complexity index is 498. The van der Waals surface area contributed by atoms with Crippen molar-refractivity contribution in [2.75, 3.05) is 44.2 Å². The van der Waals surface area contributed by atoms with Gasteiger partial charge in [0.2, 0.25) is 5.91 Å². The number of rotatable bonds is 6. The lowest BCUT2D eigenvalue weighted by Gasteiger charge is -2.36. The van der Waals surface area contributed by atoms with Gasteiger partial charge < -0.3 is 16.0 Å². The summed E-state index contributed by atoms with van der Waals surface area (Å²) in [5.74, 6) is -0.348. The molecule has 5 nitrogen and oxygen atoms in total. The second-order valence-corrected chi connectivity index (χ2v) is 6.24. The number of hydrogen-bond donors (Lipinski definition) is 2. The average Bonchev–Trinajstić information content (AvgIpc) is 2.55. The second-order valence-electron chi connectivity index (χ2n) is 6.24. The Morgan fingerprint density at radius 2 is 1.83 bits per heavy atom. The highest BCUT2D eigenvalue weighted by atomic mass is 19.1. The number of benzene rings is 1. The average molecular weight is 322 g/mol. The number of carbonyl (C=O) groups excluding carboxylic acids is 1. The lowest BCUT2D eigenvalue weighted by atomic mass is 10.0. The van der Waals surface area contributed by atoms with Crippen LogP contribution in [0.5, 0.6) is 0 Å². The van der Waals surface area contributed by atoms with Crippen molar-refractivity contribution in [3.05, 3.63) is 30.1 Å². The fourth-order valence-corrected chi connectivity index (χ4v) is 2.62. The van der Waals surface area contributed by atoms with E-state index in [1.165, 1.54) is 12.1 Å². The summed E-state index contributed by atoms with van der Waals surface area (Å²) < 4.78 is 13.0. The first kappa shape index (κ1) is 17.7. The van der Waals surface area contributed by atoms with Crippen LogP contribution < -0.4 is 16.0 Å². The van der Waals surface area contributed by atoms with Gasteiger partial charge in [-0.3, -0.25) is 9.69 Å². The number of piperazine rings is 1. The van der Waals surface area contributed by atoms with Crippen molar-refractivity contribution in [2.24, 2.45) is 11.7 Å². The topological polar surface area (TPSA) is 61.6 Å². The molecule has 1 aliphatic heterocycles. The molecule has 1 aromatic rings. The normalized spacial score (nSPS) is 18.5. The monoisotopic (exact) mass is 322 g/mol. The minimum Gasteiger partial charge on any atom is -0.369 e. The number of nitrogens with one attached hydrogen (secondary N) is 1. The van der Waals surface area contributed by atoms with Gasteiger partial charge in [-0.1, -0.05) is 6.92 Å². The number of nitrogens with two attached hydrogens (primary N) is 1. The Hall–Kier alpha value is -1.66. The van der Waals surface area contributed by atoms with Crippen LogP contribution >= 0.6 is 0 Å². The standard InChI is InChI=1S/C17H27FN4O/c1-13(14(2)19)17(23)20-7-8-21-9-11-22(12-10-21)16-5-3-15(18)4-6-16/h3-6,13-14H,7-12,19H2,1-2H3,(H,20,23). The predicted molar refractivity (Wildman–Crippen MR) is 90.9 cm³/mol. The lowest BCUT2D eigenvalue weighted by molar-refractivity contribution is -0.124. The molecule has 6 heteroatoms. The summed E-state index contributed by atoms with van der Waals surface area (Å²) >= 11 is 0. The van der Waals surface area contributed by atoms with E-state index in [9.17, 15) is 9.18 Å². The van der Waals surface area contributed by atoms with Crippen molar-refractivity contribution in [1.82, 2.24) is 10.2 Å². The number of carbonyl (C=O) groups is 1. The van der Waals surface area contributed by atoms with Crippen molar-refractivity contribution in [2.45, 2.75) is 19.9 Å². The van der Waals surface area contributed by atoms with E-state index in [4.69, 9.17) is 5.73 Å². The minimum absolute atomic E-state index is 0.0185. The van der Waals surface area contributed by atoms with E-state index in [0.29, 0.717) is 6.54 Å². The second kappa shape index (κ2) is 8.26. The Morgan fingerprint density at radius 3 is 2.39 bits per heavy atom. The van der Waals surface area contributed by atoms with Gasteiger partial charge in [0.15, 0.2) is 0 Å². The maximum atomic E-state index is 13.0. The molecule has 0 saturated carbocycles. The molecule has 1 amide bonds. The first-order valence-electron chi connectivity index (χ1n) is 8.23. The van der Waals surface area contributed by atoms with Gasteiger partial charge in [-0.2, -0.15) is 0 Å². The SMILES string of the molecule is CC(N)C(C)C(=O)NCCN1CCN(c2ccc(F)cc2)CC1. The van der Waals surface area contributed by atoms with Crippen molar-refractivity contribution in [3.63, 3.8) is 0 Å². The van der Waals surface area contributed by atoms with Gasteiger partial charge in [-0.25, -0.2) is 4.39 Å². The summed E-state index contributed by atoms with van der Waals surface area (Å²) in [4.78, 5) is 16.4. The molecular weight excluding hydrogens is 295 g/mol. The van der Waals surface area contributed by atoms with Crippen LogP contribution in [0.3, 0.4) is 0 Å². The molecule has 0 aromatic heterocycles. The van der Waals surface area contributed by atoms with Gasteiger partial charge >= 0.3 is 0 Å². The molecule has 1 fully saturated rings. The predicted octanol–water partition coefficient (Wildman–Crippen LogP) is 1.05. The molecule has 0 spiro atoms. The van der Waals surface area contributed by atoms with Crippen LogP contribution in [0.15, 0.2) is 24.3 Å². The number of halogens is 1. The van der Waals surface area contributed by atoms with Gasteiger partial charge in [0.1, 0.15) is 5.82 Å². The van der Waals surface area contributed by atoms with E-state index in [1.807, 2.05) is 26.0 Å². The van der Waals surface area contributed by atoms with Gasteiger partial charge in [0.25, 0.3) is 0 Å². The molecule has 0 bridgehead atoms. The van der Waals surface area contributed by atoms with Gasteiger partial charge in [-0.05, 0) is 31.2 Å². The summed E-state index contributed by atoms with van der Waals surface area (Å²) in [7, 11) is 0. The van der Waals surface area contributed by atoms with Gasteiger partial charge in [-0.15, -0.1) is 0 Å². The molecule has 1 aromatic carbocycles. The molecule has 1 saturated heterocycles. The first-order valence-corrected chi connectivity index (χ1v) is 8.23. The van der Waals surface area contributed by atoms with Crippen LogP contribution in [0.4, 0.5) is 10.1 Å². The maximum absolute atomic E-state index is 13.0. The molecule has 1 aliphatic rings. The summed E-state index contributed by atoms with van der Waals surface area (Å²) in [5, 5.41) is 2.94. The van der Waals surface area contributed by atoms with E-state index in [0.717, 1.165) is 38.4 Å². The molecule has 1 heterocycles. The first-order chi connectivity index (χ1) is 11.0. The highest BCUT2D eigenvalue weighted by Gasteiger charge is 2.19. The zero-order valence-electron chi connectivity index (χ0n) is 14.0. The van der Waals surface area contributed by atoms with Crippen LogP contribution in [0, 0.1) is 11.7 Å². The van der Waals surface area contributed by atoms with Gasteiger partial charge in [0.05, 0.1) is 0 Å². The quantitative estimate of drug-likeness (QED) is 0.822. The van der Waals surface area contributed by atoms with Crippen molar-refractivity contribution >= 4 is 11.6 Å². The van der Waals surface area contributed by atoms with Crippen LogP contribution in [0.2, 0.25) is 0 Å². The molecule has 2 atom stereocenters. The minimum atomic E-state index is -0.204. The molecule has 128 valence electrons. The lowest BCUT2D eigenvalue weighted by Crippen LogP contribution is -2.49. The third-order valence-electron chi connectivity index (χ3n) is 4.49. The molecule has 0 aliphatic carbocycles. The van der Waals surface area contributed by atoms with Crippen LogP contribution in [0.1, 0.15) is 13.8 Å². The van der Waals surface area contributed by atoms with E-state index < -0.39 is 0 Å². The third kappa shape index (κ3) is 5.18. The van der Waals surface area contributed by atoms with E-state index in [2.05, 4.69) is 15.1 Å². The van der Waals surface area contributed by atoms with Crippen LogP contribution in [-0.2, 0) is 4.79 Å². The van der Waals surface area contributed by atoms with Crippen molar-refractivity contribution < 1.29 is 9.18 Å². The number of nitrogens with zero attached hydrogens (tertiary/aromatic N) is 2. The fraction of sp³-hybridized carbons (Fsp3) is 0.588. The molecule has 3 N–H and O–H groups in total. The van der Waals surface area contributed by atoms with Crippen molar-refractivity contribution in [1.29, 1.82) is 0 Å². The fourth-order valence-electron chi connectivity index (χ4n) is 2.62. The Balaban J connectivity index is 1.69. The Labute approximate surface area is 137 Å². The smallest absolute Gasteiger partial charge is 0.224 e. The Morgan fingerprint density at radius 1 is 1.22 bits per heavy atom. The summed E-state index contributed by atoms with van der Waals surface area (Å²) in [5.41, 5.74) is 6.79. The third-order valence-corrected chi connectivity index (χ3v) is 4.49. The van der Waals surface area contributed by atoms with E-state index in [-0.39, 0.29) is 23.7 Å². The van der Waals surface area contributed by atoms with Crippen LogP contribution in [-0.4, -0.2) is 56.1 Å². The van der Waals surface area contributed by atoms with E-state index >= 15 is 0 Å². The molecule has 0 radical (unpaired) electrons. The van der Waals surface area contributed by atoms with Crippen LogP contribution in [0.25, 0.3) is 0 Å². The number of hydrogen-bond acceptors (Lipinski definition) is 4. The molecular formula is C17H27FN4O. The van der Waals surface area contributed by atoms with Gasteiger partial charge in [0, 0.05) is 56.9 Å². The number of anilines is 1. The van der Waals surface area contributed by atoms with E-state index in [1.54, 1.807) is 0 Å². The molecule has 23 heavy (non-hydrogen) atoms. The molecule has 2 unspecified atom stereocenters.